The maximum Gasteiger partial charge on any atom is 0.248 e. The maximum absolute atomic E-state index is 11.4. The van der Waals surface area contributed by atoms with E-state index in [2.05, 4.69) is 4.98 Å². The molecule has 0 aromatic carbocycles. The van der Waals surface area contributed by atoms with Crippen molar-refractivity contribution in [3.05, 3.63) is 53.2 Å². The summed E-state index contributed by atoms with van der Waals surface area (Å²) in [5.74, 6) is 0.128. The number of rotatable bonds is 8. The van der Waals surface area contributed by atoms with E-state index in [1.807, 2.05) is 20.9 Å². The summed E-state index contributed by atoms with van der Waals surface area (Å²) in [5.41, 5.74) is 13.9. The SMILES string of the molecule is CC/C=C(/C=C\C(C=N)=C(/C)c1nc(/C(N)=C/C=N)cn1C)C(N)=O. The zero-order valence-electron chi connectivity index (χ0n) is 14.7. The van der Waals surface area contributed by atoms with Gasteiger partial charge in [0.15, 0.2) is 0 Å². The van der Waals surface area contributed by atoms with Crippen LogP contribution in [-0.2, 0) is 11.8 Å². The number of hydrogen-bond acceptors (Lipinski definition) is 5. The van der Waals surface area contributed by atoms with Gasteiger partial charge in [-0.1, -0.05) is 19.1 Å². The molecule has 0 fully saturated rings. The summed E-state index contributed by atoms with van der Waals surface area (Å²) in [6, 6.07) is 0. The van der Waals surface area contributed by atoms with Crippen LogP contribution in [0.15, 0.2) is 41.6 Å². The Labute approximate surface area is 147 Å². The molecule has 0 unspecified atom stereocenters. The number of carbonyl (C=O) groups is 1. The van der Waals surface area contributed by atoms with Gasteiger partial charge in [0.05, 0.1) is 5.70 Å². The molecule has 0 spiro atoms. The standard InChI is InChI=1S/C18H24N6O/c1-4-5-13(17(22)25)6-7-14(10-20)12(2)18-23-16(11-24(18)3)15(21)8-9-19/h5-11,19-20H,4,21H2,1-3H3,(H2,22,25)/b7-6-,13-5-,14-12-,15-8-,19-9?,20-10?. The first kappa shape index (κ1) is 19.8. The number of amides is 1. The predicted molar refractivity (Wildman–Crippen MR) is 102 cm³/mol. The van der Waals surface area contributed by atoms with Gasteiger partial charge >= 0.3 is 0 Å². The number of nitrogens with two attached hydrogens (primary N) is 2. The molecule has 0 aliphatic heterocycles. The fourth-order valence-corrected chi connectivity index (χ4v) is 2.19. The second-order valence-electron chi connectivity index (χ2n) is 5.34. The summed E-state index contributed by atoms with van der Waals surface area (Å²) < 4.78 is 1.80. The molecule has 1 aromatic rings. The van der Waals surface area contributed by atoms with Gasteiger partial charge in [0, 0.05) is 36.8 Å². The molecule has 25 heavy (non-hydrogen) atoms. The molecule has 0 radical (unpaired) electrons. The number of aryl methyl sites for hydroxylation is 1. The van der Waals surface area contributed by atoms with Crippen LogP contribution < -0.4 is 11.5 Å². The third-order valence-corrected chi connectivity index (χ3v) is 3.51. The third kappa shape index (κ3) is 5.13. The van der Waals surface area contributed by atoms with Gasteiger partial charge in [-0.3, -0.25) is 4.79 Å². The molecule has 0 aliphatic carbocycles. The van der Waals surface area contributed by atoms with E-state index >= 15 is 0 Å². The average Bonchev–Trinajstić information content (AvgIpc) is 2.96. The second-order valence-corrected chi connectivity index (χ2v) is 5.34. The number of nitrogens with zero attached hydrogens (tertiary/aromatic N) is 2. The van der Waals surface area contributed by atoms with Gasteiger partial charge in [0.25, 0.3) is 0 Å². The largest absolute Gasteiger partial charge is 0.397 e. The van der Waals surface area contributed by atoms with E-state index in [1.165, 1.54) is 12.3 Å². The van der Waals surface area contributed by atoms with Crippen molar-refractivity contribution in [2.75, 3.05) is 0 Å². The van der Waals surface area contributed by atoms with E-state index in [0.29, 0.717) is 34.8 Å². The van der Waals surface area contributed by atoms with Crippen molar-refractivity contribution in [1.29, 1.82) is 10.8 Å². The van der Waals surface area contributed by atoms with E-state index in [-0.39, 0.29) is 0 Å². The van der Waals surface area contributed by atoms with Gasteiger partial charge < -0.3 is 26.9 Å². The van der Waals surface area contributed by atoms with Gasteiger partial charge in [-0.15, -0.1) is 0 Å². The molecule has 1 aromatic heterocycles. The molecule has 0 saturated heterocycles. The molecule has 132 valence electrons. The van der Waals surface area contributed by atoms with Crippen LogP contribution in [0.1, 0.15) is 31.8 Å². The van der Waals surface area contributed by atoms with E-state index < -0.39 is 5.91 Å². The lowest BCUT2D eigenvalue weighted by Gasteiger charge is -2.05. The van der Waals surface area contributed by atoms with Crippen LogP contribution in [0.3, 0.4) is 0 Å². The highest BCUT2D eigenvalue weighted by molar-refractivity contribution is 5.96. The first-order valence-electron chi connectivity index (χ1n) is 7.75. The quantitative estimate of drug-likeness (QED) is 0.328. The Bertz CT molecular complexity index is 792. The van der Waals surface area contributed by atoms with E-state index in [9.17, 15) is 4.79 Å². The summed E-state index contributed by atoms with van der Waals surface area (Å²) in [5, 5.41) is 14.7. The van der Waals surface area contributed by atoms with E-state index in [4.69, 9.17) is 22.3 Å². The molecular weight excluding hydrogens is 316 g/mol. The van der Waals surface area contributed by atoms with Gasteiger partial charge in [-0.25, -0.2) is 4.98 Å². The van der Waals surface area contributed by atoms with Gasteiger partial charge in [0.2, 0.25) is 5.91 Å². The van der Waals surface area contributed by atoms with Crippen molar-refractivity contribution in [2.45, 2.75) is 20.3 Å². The predicted octanol–water partition coefficient (Wildman–Crippen LogP) is 2.17. The van der Waals surface area contributed by atoms with Crippen LogP contribution in [0.25, 0.3) is 11.3 Å². The van der Waals surface area contributed by atoms with Crippen LogP contribution in [0.4, 0.5) is 0 Å². The van der Waals surface area contributed by atoms with Gasteiger partial charge in [0.1, 0.15) is 11.5 Å². The molecule has 1 heterocycles. The molecular formula is C18H24N6O. The minimum Gasteiger partial charge on any atom is -0.397 e. The minimum atomic E-state index is -0.510. The monoisotopic (exact) mass is 340 g/mol. The Morgan fingerprint density at radius 2 is 2.00 bits per heavy atom. The molecule has 0 aliphatic rings. The van der Waals surface area contributed by atoms with Crippen LogP contribution in [0.5, 0.6) is 0 Å². The zero-order chi connectivity index (χ0) is 19.0. The average molecular weight is 340 g/mol. The molecule has 6 N–H and O–H groups in total. The van der Waals surface area contributed by atoms with Crippen molar-refractivity contribution in [3.8, 4) is 0 Å². The normalized spacial score (nSPS) is 13.7. The van der Waals surface area contributed by atoms with E-state index in [0.717, 1.165) is 11.8 Å². The van der Waals surface area contributed by atoms with Crippen molar-refractivity contribution in [3.63, 3.8) is 0 Å². The summed E-state index contributed by atoms with van der Waals surface area (Å²) in [6.07, 6.45) is 11.2. The molecule has 1 amide bonds. The number of nitrogens with one attached hydrogen (secondary N) is 2. The van der Waals surface area contributed by atoms with Crippen molar-refractivity contribution < 1.29 is 4.79 Å². The van der Waals surface area contributed by atoms with Crippen LogP contribution in [0, 0.1) is 10.8 Å². The first-order chi connectivity index (χ1) is 11.8. The summed E-state index contributed by atoms with van der Waals surface area (Å²) in [4.78, 5) is 15.9. The minimum absolute atomic E-state index is 0.387. The zero-order valence-corrected chi connectivity index (χ0v) is 14.7. The topological polar surface area (TPSA) is 135 Å². The molecule has 7 heteroatoms. The fraction of sp³-hybridized carbons (Fsp3) is 0.222. The van der Waals surface area contributed by atoms with Crippen molar-refractivity contribution in [1.82, 2.24) is 9.55 Å². The third-order valence-electron chi connectivity index (χ3n) is 3.51. The van der Waals surface area contributed by atoms with Gasteiger partial charge in [-0.2, -0.15) is 0 Å². The Kier molecular flexibility index (Phi) is 7.27. The fourth-order valence-electron chi connectivity index (χ4n) is 2.19. The highest BCUT2D eigenvalue weighted by atomic mass is 16.1. The highest BCUT2D eigenvalue weighted by Gasteiger charge is 2.11. The molecule has 0 bridgehead atoms. The van der Waals surface area contributed by atoms with Crippen LogP contribution in [0.2, 0.25) is 0 Å². The number of aromatic nitrogens is 2. The van der Waals surface area contributed by atoms with Crippen molar-refractivity contribution in [2.24, 2.45) is 18.5 Å². The molecule has 0 saturated carbocycles. The summed E-state index contributed by atoms with van der Waals surface area (Å²) in [6.45, 7) is 3.75. The smallest absolute Gasteiger partial charge is 0.248 e. The Morgan fingerprint density at radius 1 is 1.32 bits per heavy atom. The van der Waals surface area contributed by atoms with Crippen LogP contribution >= 0.6 is 0 Å². The molecule has 0 atom stereocenters. The van der Waals surface area contributed by atoms with Crippen molar-refractivity contribution >= 4 is 29.6 Å². The molecule has 7 nitrogen and oxygen atoms in total. The second kappa shape index (κ2) is 9.17. The lowest BCUT2D eigenvalue weighted by Crippen LogP contribution is -2.12. The molecule has 1 rings (SSSR count). The van der Waals surface area contributed by atoms with E-state index in [1.54, 1.807) is 29.0 Å². The first-order valence-corrected chi connectivity index (χ1v) is 7.75. The highest BCUT2D eigenvalue weighted by Crippen LogP contribution is 2.19. The number of carbonyl (C=O) groups excluding carboxylic acids is 1. The lowest BCUT2D eigenvalue weighted by atomic mass is 10.1. The lowest BCUT2D eigenvalue weighted by molar-refractivity contribution is -0.114. The number of allylic oxidation sites excluding steroid dienone is 5. The summed E-state index contributed by atoms with van der Waals surface area (Å²) >= 11 is 0. The maximum atomic E-state index is 11.4. The van der Waals surface area contributed by atoms with Gasteiger partial charge in [-0.05, 0) is 31.1 Å². The number of imidazole rings is 1. The number of primary amides is 1. The summed E-state index contributed by atoms with van der Waals surface area (Å²) in [7, 11) is 1.82. The Morgan fingerprint density at radius 3 is 2.52 bits per heavy atom. The Hall–Kier alpha value is -3.22. The number of hydrogen-bond donors (Lipinski definition) is 4. The van der Waals surface area contributed by atoms with Crippen LogP contribution in [-0.4, -0.2) is 27.9 Å². The Balaban J connectivity index is 3.32.